The van der Waals surface area contributed by atoms with E-state index in [0.29, 0.717) is 29.3 Å². The zero-order chi connectivity index (χ0) is 17.6. The molecule has 0 spiro atoms. The predicted octanol–water partition coefficient (Wildman–Crippen LogP) is 3.22. The second-order valence-corrected chi connectivity index (χ2v) is 6.40. The Labute approximate surface area is 159 Å². The van der Waals surface area contributed by atoms with Crippen LogP contribution in [0.3, 0.4) is 0 Å². The number of hydrogen-bond donors (Lipinski definition) is 3. The topological polar surface area (TPSA) is 84.2 Å². The molecule has 0 heterocycles. The molecule has 1 saturated carbocycles. The number of rotatable bonds is 5. The summed E-state index contributed by atoms with van der Waals surface area (Å²) in [4.78, 5) is 24.5. The first-order valence-corrected chi connectivity index (χ1v) is 8.65. The lowest BCUT2D eigenvalue weighted by Crippen LogP contribution is -2.39. The predicted molar refractivity (Wildman–Crippen MR) is 106 cm³/mol. The Hall–Kier alpha value is -2.37. The van der Waals surface area contributed by atoms with Gasteiger partial charge in [-0.1, -0.05) is 24.6 Å². The molecule has 0 radical (unpaired) electrons. The summed E-state index contributed by atoms with van der Waals surface area (Å²) in [6, 6.07) is 16.1. The number of benzene rings is 2. The number of carbonyl (C=O) groups is 2. The molecule has 0 bridgehead atoms. The molecule has 6 heteroatoms. The molecule has 2 aromatic rings. The van der Waals surface area contributed by atoms with Gasteiger partial charge in [0, 0.05) is 22.9 Å². The minimum absolute atomic E-state index is 0. The maximum atomic E-state index is 12.4. The van der Waals surface area contributed by atoms with Crippen molar-refractivity contribution in [3.63, 3.8) is 0 Å². The smallest absolute Gasteiger partial charge is 0.255 e. The number of carbonyl (C=O) groups excluding carboxylic acids is 2. The molecular weight excluding hydrogens is 350 g/mol. The number of halogens is 1. The van der Waals surface area contributed by atoms with E-state index in [1.807, 2.05) is 18.2 Å². The van der Waals surface area contributed by atoms with Crippen LogP contribution < -0.4 is 16.4 Å². The summed E-state index contributed by atoms with van der Waals surface area (Å²) in [5, 5.41) is 5.90. The molecule has 0 aromatic heterocycles. The number of nitrogens with one attached hydrogen (secondary N) is 2. The summed E-state index contributed by atoms with van der Waals surface area (Å²) in [7, 11) is 0. The van der Waals surface area contributed by atoms with Gasteiger partial charge >= 0.3 is 0 Å². The quantitative estimate of drug-likeness (QED) is 0.752. The summed E-state index contributed by atoms with van der Waals surface area (Å²) in [6.07, 6.45) is 3.17. The van der Waals surface area contributed by atoms with E-state index >= 15 is 0 Å². The van der Waals surface area contributed by atoms with E-state index in [9.17, 15) is 9.59 Å². The van der Waals surface area contributed by atoms with Gasteiger partial charge in [-0.15, -0.1) is 12.4 Å². The van der Waals surface area contributed by atoms with E-state index in [0.717, 1.165) is 19.3 Å². The van der Waals surface area contributed by atoms with Gasteiger partial charge in [0.15, 0.2) is 0 Å². The average Bonchev–Trinajstić information content (AvgIpc) is 3.10. The lowest BCUT2D eigenvalue weighted by Gasteiger charge is -2.19. The van der Waals surface area contributed by atoms with E-state index in [2.05, 4.69) is 10.6 Å². The molecule has 5 nitrogen and oxygen atoms in total. The molecule has 2 amide bonds. The van der Waals surface area contributed by atoms with E-state index in [1.54, 1.807) is 36.4 Å². The third-order valence-corrected chi connectivity index (χ3v) is 4.72. The van der Waals surface area contributed by atoms with Crippen molar-refractivity contribution in [3.05, 3.63) is 65.7 Å². The molecule has 1 fully saturated rings. The standard InChI is InChI=1S/C20H23N3O2.ClH/c21-13-16-7-4-8-18(16)23-20(25)15-9-11-17(12-10-15)22-19(24)14-5-2-1-3-6-14;/h1-3,5-6,9-12,16,18H,4,7-8,13,21H2,(H,22,24)(H,23,25);1H. The highest BCUT2D eigenvalue weighted by molar-refractivity contribution is 6.04. The zero-order valence-electron chi connectivity index (χ0n) is 14.5. The highest BCUT2D eigenvalue weighted by atomic mass is 35.5. The monoisotopic (exact) mass is 373 g/mol. The molecule has 3 rings (SSSR count). The SMILES string of the molecule is Cl.NCC1CCCC1NC(=O)c1ccc(NC(=O)c2ccccc2)cc1. The molecular formula is C20H24ClN3O2. The fraction of sp³-hybridized carbons (Fsp3) is 0.300. The molecule has 26 heavy (non-hydrogen) atoms. The van der Waals surface area contributed by atoms with E-state index < -0.39 is 0 Å². The van der Waals surface area contributed by atoms with E-state index in [-0.39, 0.29) is 30.3 Å². The fourth-order valence-corrected chi connectivity index (χ4v) is 3.26. The summed E-state index contributed by atoms with van der Waals surface area (Å²) in [5.74, 6) is 0.106. The van der Waals surface area contributed by atoms with Crippen LogP contribution in [0.25, 0.3) is 0 Å². The van der Waals surface area contributed by atoms with Gasteiger partial charge in [-0.25, -0.2) is 0 Å². The lowest BCUT2D eigenvalue weighted by atomic mass is 10.0. The average molecular weight is 374 g/mol. The van der Waals surface area contributed by atoms with Crippen LogP contribution in [-0.2, 0) is 0 Å². The summed E-state index contributed by atoms with van der Waals surface area (Å²) >= 11 is 0. The van der Waals surface area contributed by atoms with Crippen LogP contribution in [0.5, 0.6) is 0 Å². The van der Waals surface area contributed by atoms with Crippen LogP contribution >= 0.6 is 12.4 Å². The van der Waals surface area contributed by atoms with Crippen molar-refractivity contribution in [1.29, 1.82) is 0 Å². The zero-order valence-corrected chi connectivity index (χ0v) is 15.3. The molecule has 4 N–H and O–H groups in total. The molecule has 138 valence electrons. The number of hydrogen-bond acceptors (Lipinski definition) is 3. The molecule has 0 aliphatic heterocycles. The van der Waals surface area contributed by atoms with Crippen LogP contribution in [0.4, 0.5) is 5.69 Å². The molecule has 1 aliphatic rings. The third-order valence-electron chi connectivity index (χ3n) is 4.72. The highest BCUT2D eigenvalue weighted by Crippen LogP contribution is 2.25. The Balaban J connectivity index is 0.00000243. The molecule has 1 aliphatic carbocycles. The number of anilines is 1. The molecule has 2 unspecified atom stereocenters. The summed E-state index contributed by atoms with van der Waals surface area (Å²) in [6.45, 7) is 0.607. The van der Waals surface area contributed by atoms with Crippen LogP contribution in [0.15, 0.2) is 54.6 Å². The Bertz CT molecular complexity index is 734. The van der Waals surface area contributed by atoms with Gasteiger partial charge in [0.2, 0.25) is 0 Å². The first-order valence-electron chi connectivity index (χ1n) is 8.65. The Morgan fingerprint density at radius 1 is 0.923 bits per heavy atom. The van der Waals surface area contributed by atoms with E-state index in [1.165, 1.54) is 0 Å². The highest BCUT2D eigenvalue weighted by Gasteiger charge is 2.27. The van der Waals surface area contributed by atoms with Crippen LogP contribution in [-0.4, -0.2) is 24.4 Å². The maximum Gasteiger partial charge on any atom is 0.255 e. The van der Waals surface area contributed by atoms with Gasteiger partial charge in [-0.2, -0.15) is 0 Å². The molecule has 0 saturated heterocycles. The van der Waals surface area contributed by atoms with Crippen LogP contribution in [0.2, 0.25) is 0 Å². The Morgan fingerprint density at radius 2 is 1.58 bits per heavy atom. The van der Waals surface area contributed by atoms with Gasteiger partial charge in [-0.05, 0) is 61.7 Å². The molecule has 2 aromatic carbocycles. The van der Waals surface area contributed by atoms with Gasteiger partial charge in [-0.3, -0.25) is 9.59 Å². The minimum atomic E-state index is -0.172. The lowest BCUT2D eigenvalue weighted by molar-refractivity contribution is 0.0928. The van der Waals surface area contributed by atoms with Crippen LogP contribution in [0, 0.1) is 5.92 Å². The van der Waals surface area contributed by atoms with Gasteiger partial charge < -0.3 is 16.4 Å². The van der Waals surface area contributed by atoms with Gasteiger partial charge in [0.05, 0.1) is 0 Å². The first-order chi connectivity index (χ1) is 12.2. The summed E-state index contributed by atoms with van der Waals surface area (Å²) < 4.78 is 0. The van der Waals surface area contributed by atoms with Crippen molar-refractivity contribution in [1.82, 2.24) is 5.32 Å². The van der Waals surface area contributed by atoms with Gasteiger partial charge in [0.1, 0.15) is 0 Å². The van der Waals surface area contributed by atoms with Crippen molar-refractivity contribution in [2.75, 3.05) is 11.9 Å². The fourth-order valence-electron chi connectivity index (χ4n) is 3.26. The van der Waals surface area contributed by atoms with Crippen LogP contribution in [0.1, 0.15) is 40.0 Å². The van der Waals surface area contributed by atoms with Crippen molar-refractivity contribution in [2.24, 2.45) is 11.7 Å². The Kier molecular flexibility index (Phi) is 7.18. The van der Waals surface area contributed by atoms with Gasteiger partial charge in [0.25, 0.3) is 11.8 Å². The number of amides is 2. The minimum Gasteiger partial charge on any atom is -0.349 e. The second kappa shape index (κ2) is 9.36. The largest absolute Gasteiger partial charge is 0.349 e. The first kappa shape index (κ1) is 19.9. The van der Waals surface area contributed by atoms with E-state index in [4.69, 9.17) is 5.73 Å². The number of nitrogens with two attached hydrogens (primary N) is 1. The van der Waals surface area contributed by atoms with Crippen molar-refractivity contribution in [2.45, 2.75) is 25.3 Å². The van der Waals surface area contributed by atoms with Crippen molar-refractivity contribution < 1.29 is 9.59 Å². The second-order valence-electron chi connectivity index (χ2n) is 6.40. The normalized spacial score (nSPS) is 18.7. The maximum absolute atomic E-state index is 12.4. The van der Waals surface area contributed by atoms with Crippen molar-refractivity contribution in [3.8, 4) is 0 Å². The Morgan fingerprint density at radius 3 is 2.23 bits per heavy atom. The van der Waals surface area contributed by atoms with Crippen molar-refractivity contribution >= 4 is 29.9 Å². The molecule has 2 atom stereocenters. The summed E-state index contributed by atoms with van der Waals surface area (Å²) in [5.41, 5.74) is 7.60. The third kappa shape index (κ3) is 4.84.